The summed E-state index contributed by atoms with van der Waals surface area (Å²) in [5.74, 6) is 0.860. The van der Waals surface area contributed by atoms with Crippen molar-refractivity contribution in [2.24, 2.45) is 0 Å². The second-order valence-electron chi connectivity index (χ2n) is 2.84. The van der Waals surface area contributed by atoms with Crippen LogP contribution in [-0.2, 0) is 0 Å². The predicted octanol–water partition coefficient (Wildman–Crippen LogP) is 2.81. The maximum Gasteiger partial charge on any atom is 0.159 e. The molecule has 0 bridgehead atoms. The molecule has 0 aliphatic heterocycles. The zero-order valence-electron chi connectivity index (χ0n) is 9.46. The van der Waals surface area contributed by atoms with E-state index in [9.17, 15) is 0 Å². The number of hydrogen-bond acceptors (Lipinski definition) is 2. The molecule has 76 valence electrons. The van der Waals surface area contributed by atoms with Crippen LogP contribution in [-0.4, -0.2) is 16.9 Å². The monoisotopic (exact) mass is 184 g/mol. The van der Waals surface area contributed by atoms with Crippen molar-refractivity contribution in [2.45, 2.75) is 40.7 Å². The third-order valence-corrected chi connectivity index (χ3v) is 1.71. The van der Waals surface area contributed by atoms with Crippen LogP contribution in [0.1, 0.15) is 39.4 Å². The van der Waals surface area contributed by atoms with Gasteiger partial charge in [0.15, 0.2) is 5.75 Å². The SMILES string of the molecule is CC.COc1cnn(C(C)C)c1C. The predicted molar refractivity (Wildman–Crippen MR) is 55.2 cm³/mol. The fourth-order valence-corrected chi connectivity index (χ4v) is 1.13. The Morgan fingerprint density at radius 3 is 2.15 bits per heavy atom. The molecule has 0 amide bonds. The van der Waals surface area contributed by atoms with Gasteiger partial charge in [-0.15, -0.1) is 0 Å². The Bertz CT molecular complexity index is 241. The lowest BCUT2D eigenvalue weighted by Gasteiger charge is -2.07. The van der Waals surface area contributed by atoms with Gasteiger partial charge in [-0.25, -0.2) is 0 Å². The maximum atomic E-state index is 5.09. The van der Waals surface area contributed by atoms with Gasteiger partial charge in [-0.3, -0.25) is 4.68 Å². The van der Waals surface area contributed by atoms with Crippen molar-refractivity contribution in [3.63, 3.8) is 0 Å². The highest BCUT2D eigenvalue weighted by molar-refractivity contribution is 5.23. The first-order chi connectivity index (χ1) is 6.16. The van der Waals surface area contributed by atoms with Gasteiger partial charge in [0.25, 0.3) is 0 Å². The van der Waals surface area contributed by atoms with Crippen molar-refractivity contribution < 1.29 is 4.74 Å². The van der Waals surface area contributed by atoms with E-state index >= 15 is 0 Å². The van der Waals surface area contributed by atoms with Crippen LogP contribution in [0.25, 0.3) is 0 Å². The molecule has 0 spiro atoms. The molecular weight excluding hydrogens is 164 g/mol. The first-order valence-corrected chi connectivity index (χ1v) is 4.75. The lowest BCUT2D eigenvalue weighted by molar-refractivity contribution is 0.407. The minimum atomic E-state index is 0.402. The summed E-state index contributed by atoms with van der Waals surface area (Å²) < 4.78 is 7.04. The quantitative estimate of drug-likeness (QED) is 0.706. The molecule has 0 saturated carbocycles. The summed E-state index contributed by atoms with van der Waals surface area (Å²) in [4.78, 5) is 0. The number of hydrogen-bond donors (Lipinski definition) is 0. The van der Waals surface area contributed by atoms with Crippen LogP contribution >= 0.6 is 0 Å². The average molecular weight is 184 g/mol. The number of rotatable bonds is 2. The van der Waals surface area contributed by atoms with Gasteiger partial charge in [-0.2, -0.15) is 5.10 Å². The van der Waals surface area contributed by atoms with E-state index in [0.29, 0.717) is 6.04 Å². The van der Waals surface area contributed by atoms with Crippen molar-refractivity contribution >= 4 is 0 Å². The molecule has 3 nitrogen and oxygen atoms in total. The number of aromatic nitrogens is 2. The minimum absolute atomic E-state index is 0.402. The van der Waals surface area contributed by atoms with Gasteiger partial charge in [-0.05, 0) is 20.8 Å². The van der Waals surface area contributed by atoms with E-state index in [1.165, 1.54) is 0 Å². The first-order valence-electron chi connectivity index (χ1n) is 4.75. The fraction of sp³-hybridized carbons (Fsp3) is 0.700. The zero-order valence-corrected chi connectivity index (χ0v) is 9.46. The summed E-state index contributed by atoms with van der Waals surface area (Å²) in [7, 11) is 1.66. The Morgan fingerprint density at radius 1 is 1.38 bits per heavy atom. The summed E-state index contributed by atoms with van der Waals surface area (Å²) in [6, 6.07) is 0.402. The van der Waals surface area contributed by atoms with E-state index in [4.69, 9.17) is 4.74 Å². The fourth-order valence-electron chi connectivity index (χ4n) is 1.13. The van der Waals surface area contributed by atoms with Gasteiger partial charge >= 0.3 is 0 Å². The van der Waals surface area contributed by atoms with Gasteiger partial charge in [0.2, 0.25) is 0 Å². The highest BCUT2D eigenvalue weighted by Gasteiger charge is 2.07. The van der Waals surface area contributed by atoms with Gasteiger partial charge in [0.1, 0.15) is 0 Å². The van der Waals surface area contributed by atoms with Crippen LogP contribution in [0.5, 0.6) is 5.75 Å². The van der Waals surface area contributed by atoms with E-state index in [1.807, 2.05) is 25.5 Å². The lowest BCUT2D eigenvalue weighted by Crippen LogP contribution is -2.04. The molecule has 0 N–H and O–H groups in total. The third-order valence-electron chi connectivity index (χ3n) is 1.71. The topological polar surface area (TPSA) is 27.1 Å². The zero-order chi connectivity index (χ0) is 10.4. The molecule has 0 unspecified atom stereocenters. The van der Waals surface area contributed by atoms with Crippen LogP contribution in [0.3, 0.4) is 0 Å². The van der Waals surface area contributed by atoms with Crippen LogP contribution in [0.15, 0.2) is 6.20 Å². The summed E-state index contributed by atoms with van der Waals surface area (Å²) >= 11 is 0. The molecule has 0 fully saturated rings. The molecular formula is C10H20N2O. The standard InChI is InChI=1S/C8H14N2O.C2H6/c1-6(2)10-7(3)8(11-4)5-9-10;1-2/h5-6H,1-4H3;1-2H3. The van der Waals surface area contributed by atoms with Crippen LogP contribution < -0.4 is 4.74 Å². The molecule has 1 aromatic heterocycles. The van der Waals surface area contributed by atoms with E-state index < -0.39 is 0 Å². The van der Waals surface area contributed by atoms with E-state index in [2.05, 4.69) is 18.9 Å². The number of methoxy groups -OCH3 is 1. The molecule has 0 aliphatic carbocycles. The molecule has 0 atom stereocenters. The summed E-state index contributed by atoms with van der Waals surface area (Å²) in [6.07, 6.45) is 1.75. The van der Waals surface area contributed by atoms with E-state index in [-0.39, 0.29) is 0 Å². The highest BCUT2D eigenvalue weighted by Crippen LogP contribution is 2.18. The molecule has 0 aromatic carbocycles. The molecule has 3 heteroatoms. The molecule has 1 rings (SSSR count). The average Bonchev–Trinajstić information content (AvgIpc) is 2.50. The van der Waals surface area contributed by atoms with E-state index in [0.717, 1.165) is 11.4 Å². The van der Waals surface area contributed by atoms with E-state index in [1.54, 1.807) is 13.3 Å². The van der Waals surface area contributed by atoms with Gasteiger partial charge in [-0.1, -0.05) is 13.8 Å². The van der Waals surface area contributed by atoms with Crippen molar-refractivity contribution in [3.05, 3.63) is 11.9 Å². The second kappa shape index (κ2) is 5.62. The summed E-state index contributed by atoms with van der Waals surface area (Å²) in [6.45, 7) is 10.2. The summed E-state index contributed by atoms with van der Waals surface area (Å²) in [5.41, 5.74) is 1.09. The van der Waals surface area contributed by atoms with Crippen molar-refractivity contribution in [1.29, 1.82) is 0 Å². The third kappa shape index (κ3) is 2.76. The Morgan fingerprint density at radius 2 is 1.92 bits per heavy atom. The van der Waals surface area contributed by atoms with Crippen molar-refractivity contribution in [2.75, 3.05) is 7.11 Å². The van der Waals surface area contributed by atoms with Crippen LogP contribution in [0.4, 0.5) is 0 Å². The molecule has 0 aliphatic rings. The Kier molecular flexibility index (Phi) is 5.19. The van der Waals surface area contributed by atoms with Gasteiger partial charge in [0.05, 0.1) is 19.0 Å². The summed E-state index contributed by atoms with van der Waals surface area (Å²) in [5, 5.41) is 4.18. The lowest BCUT2D eigenvalue weighted by atomic mass is 10.3. The minimum Gasteiger partial charge on any atom is -0.493 e. The largest absolute Gasteiger partial charge is 0.493 e. The first kappa shape index (κ1) is 12.0. The Hall–Kier alpha value is -0.990. The highest BCUT2D eigenvalue weighted by atomic mass is 16.5. The number of ether oxygens (including phenoxy) is 1. The Balaban J connectivity index is 0.000000671. The molecule has 1 aromatic rings. The van der Waals surface area contributed by atoms with Crippen molar-refractivity contribution in [3.8, 4) is 5.75 Å². The smallest absolute Gasteiger partial charge is 0.159 e. The Labute approximate surface area is 80.7 Å². The molecule has 0 radical (unpaired) electrons. The van der Waals surface area contributed by atoms with Gasteiger partial charge < -0.3 is 4.74 Å². The van der Waals surface area contributed by atoms with Crippen LogP contribution in [0, 0.1) is 6.92 Å². The van der Waals surface area contributed by atoms with Crippen molar-refractivity contribution in [1.82, 2.24) is 9.78 Å². The van der Waals surface area contributed by atoms with Crippen LogP contribution in [0.2, 0.25) is 0 Å². The molecule has 1 heterocycles. The van der Waals surface area contributed by atoms with Gasteiger partial charge in [0, 0.05) is 6.04 Å². The molecule has 13 heavy (non-hydrogen) atoms. The second-order valence-corrected chi connectivity index (χ2v) is 2.84. The molecule has 0 saturated heterocycles. The normalized spacial score (nSPS) is 9.46. The number of nitrogens with zero attached hydrogens (tertiary/aromatic N) is 2. The maximum absolute atomic E-state index is 5.09.